The van der Waals surface area contributed by atoms with Crippen LogP contribution < -0.4 is 26.9 Å². The Balaban J connectivity index is 1.60. The Labute approximate surface area is 207 Å². The van der Waals surface area contributed by atoms with E-state index in [-0.39, 0.29) is 29.5 Å². The van der Waals surface area contributed by atoms with Gasteiger partial charge in [-0.05, 0) is 47.2 Å². The first-order valence-corrected chi connectivity index (χ1v) is 11.2. The first-order chi connectivity index (χ1) is 17.2. The molecule has 0 unspecified atom stereocenters. The highest BCUT2D eigenvalue weighted by molar-refractivity contribution is 6.01. The number of nitrogen functional groups attached to an aromatic ring is 1. The Morgan fingerprint density at radius 2 is 1.61 bits per heavy atom. The molecule has 0 radical (unpaired) electrons. The number of amidine groups is 1. The number of primary amides is 1. The van der Waals surface area contributed by atoms with Crippen LogP contribution in [0.1, 0.15) is 21.5 Å². The highest BCUT2D eigenvalue weighted by atomic mass is 16.5. The van der Waals surface area contributed by atoms with E-state index in [1.807, 2.05) is 5.01 Å². The van der Waals surface area contributed by atoms with Gasteiger partial charge in [0.05, 0.1) is 30.9 Å². The molecular weight excluding hydrogens is 462 g/mol. The summed E-state index contributed by atoms with van der Waals surface area (Å²) in [6, 6.07) is 15.0. The van der Waals surface area contributed by atoms with Crippen molar-refractivity contribution in [2.45, 2.75) is 6.42 Å². The van der Waals surface area contributed by atoms with E-state index in [1.54, 1.807) is 59.6 Å². The van der Waals surface area contributed by atoms with Crippen molar-refractivity contribution < 1.29 is 19.1 Å². The smallest absolute Gasteiger partial charge is 0.343 e. The molecule has 1 fully saturated rings. The Morgan fingerprint density at radius 3 is 2.22 bits per heavy atom. The van der Waals surface area contributed by atoms with Crippen LogP contribution in [-0.4, -0.2) is 55.0 Å². The number of morpholine rings is 1. The SMILES string of the molecule is N=C(N)c1ccc2c(CC(N)=O)c(OC(=O)c3ccc(N(C(=N)N)N4CCOCC4)cc3)ccc2c1. The Hall–Kier alpha value is -4.48. The van der Waals surface area contributed by atoms with Gasteiger partial charge in [-0.3, -0.25) is 15.6 Å². The van der Waals surface area contributed by atoms with Crippen LogP contribution in [0.2, 0.25) is 0 Å². The molecule has 36 heavy (non-hydrogen) atoms. The number of ether oxygens (including phenoxy) is 2. The van der Waals surface area contributed by atoms with Crippen molar-refractivity contribution in [1.29, 1.82) is 10.8 Å². The van der Waals surface area contributed by atoms with Gasteiger partial charge in [0.25, 0.3) is 0 Å². The van der Waals surface area contributed by atoms with Crippen LogP contribution in [0, 0.1) is 10.8 Å². The molecule has 3 aromatic rings. The summed E-state index contributed by atoms with van der Waals surface area (Å²) in [5, 5.41) is 20.5. The van der Waals surface area contributed by atoms with E-state index in [1.165, 1.54) is 0 Å². The fourth-order valence-corrected chi connectivity index (χ4v) is 4.10. The number of hydrogen-bond acceptors (Lipinski definition) is 7. The van der Waals surface area contributed by atoms with Gasteiger partial charge in [-0.1, -0.05) is 18.2 Å². The lowest BCUT2D eigenvalue weighted by atomic mass is 9.98. The molecule has 1 aliphatic rings. The average molecular weight is 490 g/mol. The van der Waals surface area contributed by atoms with Crippen molar-refractivity contribution in [3.05, 3.63) is 71.3 Å². The van der Waals surface area contributed by atoms with Crippen molar-refractivity contribution in [3.63, 3.8) is 0 Å². The molecule has 4 rings (SSSR count). The molecule has 1 saturated heterocycles. The summed E-state index contributed by atoms with van der Waals surface area (Å²) in [5.74, 6) is -1.21. The molecule has 0 aromatic heterocycles. The number of nitrogens with one attached hydrogen (secondary N) is 2. The minimum Gasteiger partial charge on any atom is -0.423 e. The Bertz CT molecular complexity index is 1330. The number of hydrogen-bond donors (Lipinski definition) is 5. The lowest BCUT2D eigenvalue weighted by Gasteiger charge is -2.37. The van der Waals surface area contributed by atoms with Crippen LogP contribution in [0.3, 0.4) is 0 Å². The van der Waals surface area contributed by atoms with Gasteiger partial charge in [0.1, 0.15) is 11.6 Å². The first kappa shape index (κ1) is 24.6. The zero-order valence-corrected chi connectivity index (χ0v) is 19.5. The highest BCUT2D eigenvalue weighted by Gasteiger charge is 2.22. The molecule has 0 spiro atoms. The van der Waals surface area contributed by atoms with Crippen molar-refractivity contribution in [2.75, 3.05) is 31.3 Å². The van der Waals surface area contributed by atoms with Crippen LogP contribution in [0.4, 0.5) is 5.69 Å². The van der Waals surface area contributed by atoms with Crippen molar-refractivity contribution >= 4 is 40.1 Å². The minimum absolute atomic E-state index is 0.0794. The Morgan fingerprint density at radius 1 is 0.944 bits per heavy atom. The number of anilines is 1. The number of guanidine groups is 1. The number of fused-ring (bicyclic) bond motifs is 1. The topological polar surface area (TPSA) is 185 Å². The standard InChI is InChI=1S/C25H27N7O4/c26-22(33)14-20-19-7-3-17(23(27)28)13-16(19)4-8-21(20)36-24(34)15-1-5-18(6-2-15)32(25(29)30)31-9-11-35-12-10-31/h1-8,13H,9-12,14H2,(H2,26,33)(H3,27,28)(H3,29,30). The number of amides is 1. The van der Waals surface area contributed by atoms with Crippen LogP contribution in [0.5, 0.6) is 5.75 Å². The fraction of sp³-hybridized carbons (Fsp3) is 0.200. The van der Waals surface area contributed by atoms with Gasteiger partial charge in [0, 0.05) is 24.2 Å². The van der Waals surface area contributed by atoms with Gasteiger partial charge in [-0.15, -0.1) is 0 Å². The lowest BCUT2D eigenvalue weighted by molar-refractivity contribution is -0.117. The fourth-order valence-electron chi connectivity index (χ4n) is 4.10. The second kappa shape index (κ2) is 10.4. The number of hydrazine groups is 1. The third-order valence-electron chi connectivity index (χ3n) is 5.80. The number of esters is 1. The first-order valence-electron chi connectivity index (χ1n) is 11.2. The predicted molar refractivity (Wildman–Crippen MR) is 136 cm³/mol. The molecule has 0 saturated carbocycles. The monoisotopic (exact) mass is 489 g/mol. The number of carbonyl (C=O) groups is 2. The quantitative estimate of drug-likeness (QED) is 0.142. The zero-order valence-electron chi connectivity index (χ0n) is 19.5. The van der Waals surface area contributed by atoms with Crippen LogP contribution in [-0.2, 0) is 16.0 Å². The van der Waals surface area contributed by atoms with Crippen LogP contribution in [0.15, 0.2) is 54.6 Å². The number of nitrogens with zero attached hydrogens (tertiary/aromatic N) is 2. The third-order valence-corrected chi connectivity index (χ3v) is 5.80. The van der Waals surface area contributed by atoms with Gasteiger partial charge in [0.15, 0.2) is 0 Å². The van der Waals surface area contributed by atoms with Crippen LogP contribution >= 0.6 is 0 Å². The molecule has 8 N–H and O–H groups in total. The van der Waals surface area contributed by atoms with E-state index in [9.17, 15) is 9.59 Å². The van der Waals surface area contributed by atoms with E-state index in [0.717, 1.165) is 5.39 Å². The van der Waals surface area contributed by atoms with Crippen molar-refractivity contribution in [1.82, 2.24) is 5.01 Å². The predicted octanol–water partition coefficient (Wildman–Crippen LogP) is 1.32. The van der Waals surface area contributed by atoms with E-state index in [2.05, 4.69) is 0 Å². The molecule has 1 amide bonds. The lowest BCUT2D eigenvalue weighted by Crippen LogP contribution is -2.54. The van der Waals surface area contributed by atoms with Crippen molar-refractivity contribution in [2.24, 2.45) is 17.2 Å². The molecule has 1 aliphatic heterocycles. The molecule has 0 atom stereocenters. The number of benzene rings is 3. The maximum absolute atomic E-state index is 13.0. The summed E-state index contributed by atoms with van der Waals surface area (Å²) in [6.07, 6.45) is -0.134. The second-order valence-corrected chi connectivity index (χ2v) is 8.23. The maximum atomic E-state index is 13.0. The van der Waals surface area contributed by atoms with E-state index >= 15 is 0 Å². The number of carbonyl (C=O) groups excluding carboxylic acids is 2. The Kier molecular flexibility index (Phi) is 7.13. The summed E-state index contributed by atoms with van der Waals surface area (Å²) in [4.78, 5) is 24.7. The van der Waals surface area contributed by atoms with Gasteiger partial charge in [0.2, 0.25) is 11.9 Å². The maximum Gasteiger partial charge on any atom is 0.343 e. The van der Waals surface area contributed by atoms with E-state index in [0.29, 0.717) is 48.5 Å². The molecule has 3 aromatic carbocycles. The van der Waals surface area contributed by atoms with E-state index < -0.39 is 11.9 Å². The van der Waals surface area contributed by atoms with Gasteiger partial charge in [-0.25, -0.2) is 14.8 Å². The summed E-state index contributed by atoms with van der Waals surface area (Å²) < 4.78 is 11.0. The molecule has 0 bridgehead atoms. The number of rotatable bonds is 7. The van der Waals surface area contributed by atoms with Crippen LogP contribution in [0.25, 0.3) is 10.8 Å². The molecule has 11 nitrogen and oxygen atoms in total. The molecule has 186 valence electrons. The normalized spacial score (nSPS) is 13.8. The van der Waals surface area contributed by atoms with Crippen molar-refractivity contribution in [3.8, 4) is 5.75 Å². The zero-order chi connectivity index (χ0) is 25.8. The highest BCUT2D eigenvalue weighted by Crippen LogP contribution is 2.30. The van der Waals surface area contributed by atoms with Gasteiger partial charge in [-0.2, -0.15) is 0 Å². The summed E-state index contributed by atoms with van der Waals surface area (Å²) in [6.45, 7) is 2.23. The largest absolute Gasteiger partial charge is 0.423 e. The molecular formula is C25H27N7O4. The molecule has 0 aliphatic carbocycles. The van der Waals surface area contributed by atoms with E-state index in [4.69, 9.17) is 37.5 Å². The average Bonchev–Trinajstić information content (AvgIpc) is 2.85. The van der Waals surface area contributed by atoms with Gasteiger partial charge < -0.3 is 26.7 Å². The summed E-state index contributed by atoms with van der Waals surface area (Å²) >= 11 is 0. The van der Waals surface area contributed by atoms with Gasteiger partial charge >= 0.3 is 5.97 Å². The molecule has 1 heterocycles. The summed E-state index contributed by atoms with van der Waals surface area (Å²) in [5.41, 5.74) is 18.8. The summed E-state index contributed by atoms with van der Waals surface area (Å²) in [7, 11) is 0. The minimum atomic E-state index is -0.618. The second-order valence-electron chi connectivity index (χ2n) is 8.23. The number of nitrogens with two attached hydrogens (primary N) is 3. The molecule has 11 heteroatoms. The third kappa shape index (κ3) is 5.27.